The lowest BCUT2D eigenvalue weighted by molar-refractivity contribution is 0.614. The average Bonchev–Trinajstić information content (AvgIpc) is 2.18. The number of halogens is 2. The number of benzene rings is 1. The van der Waals surface area contributed by atoms with Gasteiger partial charge >= 0.3 is 0 Å². The molecule has 0 spiro atoms. The van der Waals surface area contributed by atoms with Gasteiger partial charge in [0.1, 0.15) is 5.82 Å². The van der Waals surface area contributed by atoms with Gasteiger partial charge in [0.2, 0.25) is 0 Å². The minimum absolute atomic E-state index is 0.161. The van der Waals surface area contributed by atoms with Gasteiger partial charge in [0.15, 0.2) is 0 Å². The minimum Gasteiger partial charge on any atom is -0.330 e. The summed E-state index contributed by atoms with van der Waals surface area (Å²) in [5.41, 5.74) is 6.03. The molecule has 0 aliphatic rings. The maximum atomic E-state index is 13.2. The van der Waals surface area contributed by atoms with Gasteiger partial charge in [-0.3, -0.25) is 0 Å². The summed E-state index contributed by atoms with van der Waals surface area (Å²) in [7, 11) is 0. The highest BCUT2D eigenvalue weighted by Gasteiger charge is 1.99. The molecule has 0 amide bonds. The molecule has 1 aromatic carbocycles. The standard InChI is InChI=1S/C11H13BrFN/c12-10-5-6-11(13)9(8-10)4-2-1-3-7-14/h1-2,5-6,8H,3-4,7,14H2. The Hall–Kier alpha value is -0.670. The van der Waals surface area contributed by atoms with Crippen LogP contribution < -0.4 is 5.73 Å². The Bertz CT molecular complexity index is 323. The van der Waals surface area contributed by atoms with Crippen molar-refractivity contribution in [3.63, 3.8) is 0 Å². The summed E-state index contributed by atoms with van der Waals surface area (Å²) < 4.78 is 14.1. The number of hydrogen-bond donors (Lipinski definition) is 1. The Morgan fingerprint density at radius 3 is 2.86 bits per heavy atom. The number of allylic oxidation sites excluding steroid dienone is 1. The number of rotatable bonds is 4. The van der Waals surface area contributed by atoms with Crippen molar-refractivity contribution in [3.05, 3.63) is 46.2 Å². The lowest BCUT2D eigenvalue weighted by atomic mass is 10.1. The predicted molar refractivity (Wildman–Crippen MR) is 60.6 cm³/mol. The lowest BCUT2D eigenvalue weighted by Gasteiger charge is -1.99. The predicted octanol–water partition coefficient (Wildman–Crippen LogP) is 3.04. The highest BCUT2D eigenvalue weighted by Crippen LogP contribution is 2.16. The Morgan fingerprint density at radius 2 is 2.14 bits per heavy atom. The van der Waals surface area contributed by atoms with Crippen molar-refractivity contribution >= 4 is 15.9 Å². The van der Waals surface area contributed by atoms with E-state index < -0.39 is 0 Å². The molecule has 0 fully saturated rings. The molecule has 14 heavy (non-hydrogen) atoms. The highest BCUT2D eigenvalue weighted by molar-refractivity contribution is 9.10. The molecule has 76 valence electrons. The quantitative estimate of drug-likeness (QED) is 0.825. The Kier molecular flexibility index (Phi) is 4.84. The molecule has 0 heterocycles. The molecule has 0 aliphatic carbocycles. The molecule has 0 bridgehead atoms. The Labute approximate surface area is 91.9 Å². The SMILES string of the molecule is NCCC=CCc1cc(Br)ccc1F. The summed E-state index contributed by atoms with van der Waals surface area (Å²) in [4.78, 5) is 0. The fourth-order valence-electron chi connectivity index (χ4n) is 1.12. The van der Waals surface area contributed by atoms with Crippen LogP contribution in [0, 0.1) is 5.82 Å². The van der Waals surface area contributed by atoms with Crippen LogP contribution in [0.3, 0.4) is 0 Å². The van der Waals surface area contributed by atoms with Crippen LogP contribution in [0.1, 0.15) is 12.0 Å². The van der Waals surface area contributed by atoms with Gasteiger partial charge in [-0.15, -0.1) is 0 Å². The van der Waals surface area contributed by atoms with Gasteiger partial charge in [0.25, 0.3) is 0 Å². The summed E-state index contributed by atoms with van der Waals surface area (Å²) in [6, 6.07) is 4.96. The third-order valence-electron chi connectivity index (χ3n) is 1.85. The van der Waals surface area contributed by atoms with E-state index >= 15 is 0 Å². The van der Waals surface area contributed by atoms with E-state index in [-0.39, 0.29) is 5.82 Å². The number of hydrogen-bond acceptors (Lipinski definition) is 1. The van der Waals surface area contributed by atoms with Crippen molar-refractivity contribution in [2.75, 3.05) is 6.54 Å². The van der Waals surface area contributed by atoms with Crippen molar-refractivity contribution in [3.8, 4) is 0 Å². The molecule has 1 aromatic rings. The number of nitrogens with two attached hydrogens (primary N) is 1. The molecule has 0 aliphatic heterocycles. The largest absolute Gasteiger partial charge is 0.330 e. The van der Waals surface area contributed by atoms with Gasteiger partial charge in [0.05, 0.1) is 0 Å². The van der Waals surface area contributed by atoms with Gasteiger partial charge < -0.3 is 5.73 Å². The van der Waals surface area contributed by atoms with Crippen LogP contribution >= 0.6 is 15.9 Å². The molecule has 1 rings (SSSR count). The van der Waals surface area contributed by atoms with Crippen molar-refractivity contribution in [1.82, 2.24) is 0 Å². The molecule has 0 aromatic heterocycles. The average molecular weight is 258 g/mol. The van der Waals surface area contributed by atoms with Crippen LogP contribution in [0.15, 0.2) is 34.8 Å². The molecule has 0 radical (unpaired) electrons. The smallest absolute Gasteiger partial charge is 0.126 e. The first kappa shape index (κ1) is 11.4. The lowest BCUT2D eigenvalue weighted by Crippen LogP contribution is -1.95. The third-order valence-corrected chi connectivity index (χ3v) is 2.34. The van der Waals surface area contributed by atoms with Gasteiger partial charge in [-0.05, 0) is 43.1 Å². The molecule has 2 N–H and O–H groups in total. The topological polar surface area (TPSA) is 26.0 Å². The van der Waals surface area contributed by atoms with Gasteiger partial charge in [-0.25, -0.2) is 4.39 Å². The van der Waals surface area contributed by atoms with Crippen LogP contribution in [0.2, 0.25) is 0 Å². The van der Waals surface area contributed by atoms with Crippen LogP contribution in [0.5, 0.6) is 0 Å². The van der Waals surface area contributed by atoms with Crippen LogP contribution in [-0.2, 0) is 6.42 Å². The highest BCUT2D eigenvalue weighted by atomic mass is 79.9. The summed E-state index contributed by atoms with van der Waals surface area (Å²) in [5.74, 6) is -0.161. The van der Waals surface area contributed by atoms with Crippen LogP contribution in [0.25, 0.3) is 0 Å². The molecular weight excluding hydrogens is 245 g/mol. The minimum atomic E-state index is -0.161. The zero-order valence-corrected chi connectivity index (χ0v) is 9.43. The van der Waals surface area contributed by atoms with Gasteiger partial charge in [0, 0.05) is 4.47 Å². The second kappa shape index (κ2) is 5.94. The molecule has 0 saturated carbocycles. The van der Waals surface area contributed by atoms with E-state index in [0.29, 0.717) is 18.5 Å². The third kappa shape index (κ3) is 3.60. The van der Waals surface area contributed by atoms with E-state index in [0.717, 1.165) is 10.9 Å². The molecule has 3 heteroatoms. The fraction of sp³-hybridized carbons (Fsp3) is 0.273. The van der Waals surface area contributed by atoms with Gasteiger partial charge in [-0.1, -0.05) is 28.1 Å². The van der Waals surface area contributed by atoms with E-state index in [2.05, 4.69) is 15.9 Å². The maximum absolute atomic E-state index is 13.2. The van der Waals surface area contributed by atoms with E-state index in [1.807, 2.05) is 12.2 Å². The second-order valence-corrected chi connectivity index (χ2v) is 3.90. The van der Waals surface area contributed by atoms with Crippen LogP contribution in [0.4, 0.5) is 4.39 Å². The first-order valence-electron chi connectivity index (χ1n) is 4.53. The zero-order valence-electron chi connectivity index (χ0n) is 7.84. The second-order valence-electron chi connectivity index (χ2n) is 2.99. The van der Waals surface area contributed by atoms with Gasteiger partial charge in [-0.2, -0.15) is 0 Å². The van der Waals surface area contributed by atoms with E-state index in [9.17, 15) is 4.39 Å². The van der Waals surface area contributed by atoms with Crippen LogP contribution in [-0.4, -0.2) is 6.54 Å². The molecule has 0 unspecified atom stereocenters. The van der Waals surface area contributed by atoms with E-state index in [4.69, 9.17) is 5.73 Å². The van der Waals surface area contributed by atoms with E-state index in [1.165, 1.54) is 6.07 Å². The maximum Gasteiger partial charge on any atom is 0.126 e. The van der Waals surface area contributed by atoms with Crippen molar-refractivity contribution in [1.29, 1.82) is 0 Å². The van der Waals surface area contributed by atoms with Crippen molar-refractivity contribution < 1.29 is 4.39 Å². The summed E-state index contributed by atoms with van der Waals surface area (Å²) in [6.45, 7) is 0.636. The Morgan fingerprint density at radius 1 is 1.36 bits per heavy atom. The Balaban J connectivity index is 2.62. The first-order chi connectivity index (χ1) is 6.74. The monoisotopic (exact) mass is 257 g/mol. The zero-order chi connectivity index (χ0) is 10.4. The summed E-state index contributed by atoms with van der Waals surface area (Å²) >= 11 is 3.31. The molecule has 0 saturated heterocycles. The van der Waals surface area contributed by atoms with E-state index in [1.54, 1.807) is 12.1 Å². The van der Waals surface area contributed by atoms with Crippen molar-refractivity contribution in [2.24, 2.45) is 5.73 Å². The first-order valence-corrected chi connectivity index (χ1v) is 5.32. The summed E-state index contributed by atoms with van der Waals surface area (Å²) in [5, 5.41) is 0. The normalized spacial score (nSPS) is 11.1. The van der Waals surface area contributed by atoms with Crippen molar-refractivity contribution in [2.45, 2.75) is 12.8 Å². The molecule has 0 atom stereocenters. The fourth-order valence-corrected chi connectivity index (χ4v) is 1.53. The molecule has 1 nitrogen and oxygen atoms in total. The summed E-state index contributed by atoms with van der Waals surface area (Å²) in [6.07, 6.45) is 5.37. The molecular formula is C11H13BrFN.